The Labute approximate surface area is 90.9 Å². The van der Waals surface area contributed by atoms with E-state index in [1.165, 1.54) is 0 Å². The summed E-state index contributed by atoms with van der Waals surface area (Å²) in [4.78, 5) is 21.7. The van der Waals surface area contributed by atoms with Gasteiger partial charge in [-0.15, -0.1) is 11.8 Å². The first-order valence-electron chi connectivity index (χ1n) is 4.22. The minimum atomic E-state index is -1.32. The molecular formula is C10H10O4S. The fraction of sp³-hybridized carbons (Fsp3) is 0.200. The maximum absolute atomic E-state index is 11.5. The molecule has 0 aliphatic rings. The molecule has 0 saturated carbocycles. The zero-order chi connectivity index (χ0) is 11.3. The van der Waals surface area contributed by atoms with Crippen molar-refractivity contribution in [2.24, 2.45) is 0 Å². The molecule has 0 bridgehead atoms. The van der Waals surface area contributed by atoms with Crippen molar-refractivity contribution in [1.29, 1.82) is 0 Å². The normalized spacial score (nSPS) is 12.1. The van der Waals surface area contributed by atoms with E-state index in [2.05, 4.69) is 0 Å². The van der Waals surface area contributed by atoms with E-state index in [1.807, 2.05) is 0 Å². The number of ketones is 1. The Kier molecular flexibility index (Phi) is 4.33. The van der Waals surface area contributed by atoms with E-state index in [9.17, 15) is 14.7 Å². The molecule has 5 heteroatoms. The number of carbonyl (C=O) groups excluding carboxylic acids is 1. The van der Waals surface area contributed by atoms with Gasteiger partial charge < -0.3 is 10.2 Å². The van der Waals surface area contributed by atoms with Gasteiger partial charge in [-0.3, -0.25) is 9.59 Å². The topological polar surface area (TPSA) is 74.6 Å². The van der Waals surface area contributed by atoms with Crippen LogP contribution in [-0.4, -0.2) is 33.2 Å². The van der Waals surface area contributed by atoms with Crippen LogP contribution in [0, 0.1) is 0 Å². The van der Waals surface area contributed by atoms with Crippen LogP contribution >= 0.6 is 11.8 Å². The summed E-state index contributed by atoms with van der Waals surface area (Å²) >= 11 is 0.694. The molecule has 0 spiro atoms. The summed E-state index contributed by atoms with van der Waals surface area (Å²) in [6.07, 6.45) is 0. The van der Waals surface area contributed by atoms with Gasteiger partial charge in [0.05, 0.1) is 5.75 Å². The Morgan fingerprint density at radius 1 is 1.27 bits per heavy atom. The lowest BCUT2D eigenvalue weighted by atomic mass is 10.1. The van der Waals surface area contributed by atoms with E-state index in [4.69, 9.17) is 5.11 Å². The van der Waals surface area contributed by atoms with E-state index >= 15 is 0 Å². The number of carboxylic acid groups (broad SMARTS) is 1. The molecule has 1 aromatic rings. The first-order chi connectivity index (χ1) is 7.11. The number of rotatable bonds is 5. The number of aliphatic hydroxyl groups excluding tert-OH is 1. The molecule has 1 aromatic carbocycles. The van der Waals surface area contributed by atoms with E-state index < -0.39 is 17.2 Å². The molecule has 0 aliphatic heterocycles. The van der Waals surface area contributed by atoms with Gasteiger partial charge in [-0.2, -0.15) is 0 Å². The molecule has 0 fully saturated rings. The number of Topliss-reactive ketones (excluding diaryl/α,β-unsaturated/α-hetero) is 1. The molecule has 2 N–H and O–H groups in total. The Morgan fingerprint density at radius 2 is 1.87 bits per heavy atom. The number of aliphatic carboxylic acids is 1. The second kappa shape index (κ2) is 5.53. The van der Waals surface area contributed by atoms with E-state index in [0.717, 1.165) is 0 Å². The number of carbonyl (C=O) groups is 2. The molecule has 0 heterocycles. The van der Waals surface area contributed by atoms with E-state index in [1.54, 1.807) is 30.3 Å². The second-order valence-corrected chi connectivity index (χ2v) is 3.86. The Balaban J connectivity index is 2.57. The maximum atomic E-state index is 11.5. The fourth-order valence-electron chi connectivity index (χ4n) is 0.971. The average Bonchev–Trinajstić information content (AvgIpc) is 2.26. The summed E-state index contributed by atoms with van der Waals surface area (Å²) in [6.45, 7) is 0. The average molecular weight is 226 g/mol. The van der Waals surface area contributed by atoms with Crippen LogP contribution in [0.15, 0.2) is 30.3 Å². The Hall–Kier alpha value is -1.33. The highest BCUT2D eigenvalue weighted by atomic mass is 32.2. The zero-order valence-electron chi connectivity index (χ0n) is 7.79. The minimum Gasteiger partial charge on any atom is -0.481 e. The minimum absolute atomic E-state index is 0.292. The van der Waals surface area contributed by atoms with Crippen LogP contribution in [-0.2, 0) is 4.79 Å². The monoisotopic (exact) mass is 226 g/mol. The zero-order valence-corrected chi connectivity index (χ0v) is 8.61. The summed E-state index contributed by atoms with van der Waals surface area (Å²) < 4.78 is 0. The highest BCUT2D eigenvalue weighted by molar-refractivity contribution is 8.01. The van der Waals surface area contributed by atoms with Crippen LogP contribution in [0.4, 0.5) is 0 Å². The van der Waals surface area contributed by atoms with Gasteiger partial charge in [0.2, 0.25) is 5.78 Å². The molecule has 80 valence electrons. The smallest absolute Gasteiger partial charge is 0.313 e. The predicted molar refractivity (Wildman–Crippen MR) is 56.9 cm³/mol. The largest absolute Gasteiger partial charge is 0.481 e. The summed E-state index contributed by atoms with van der Waals surface area (Å²) in [6, 6.07) is 8.27. The lowest BCUT2D eigenvalue weighted by molar-refractivity contribution is -0.133. The van der Waals surface area contributed by atoms with Crippen LogP contribution in [0.25, 0.3) is 0 Å². The third-order valence-corrected chi connectivity index (χ3v) is 2.59. The van der Waals surface area contributed by atoms with Gasteiger partial charge in [0.25, 0.3) is 0 Å². The maximum Gasteiger partial charge on any atom is 0.313 e. The second-order valence-electron chi connectivity index (χ2n) is 2.79. The molecular weight excluding hydrogens is 216 g/mol. The van der Waals surface area contributed by atoms with Crippen molar-refractivity contribution in [3.63, 3.8) is 0 Å². The van der Waals surface area contributed by atoms with Crippen molar-refractivity contribution in [2.45, 2.75) is 5.44 Å². The number of carboxylic acids is 1. The van der Waals surface area contributed by atoms with Gasteiger partial charge in [0, 0.05) is 5.56 Å². The molecule has 0 unspecified atom stereocenters. The van der Waals surface area contributed by atoms with Crippen LogP contribution in [0.5, 0.6) is 0 Å². The van der Waals surface area contributed by atoms with Crippen molar-refractivity contribution >= 4 is 23.5 Å². The summed E-state index contributed by atoms with van der Waals surface area (Å²) in [5.74, 6) is -1.82. The van der Waals surface area contributed by atoms with Crippen LogP contribution < -0.4 is 0 Å². The number of hydrogen-bond donors (Lipinski definition) is 2. The van der Waals surface area contributed by atoms with Gasteiger partial charge >= 0.3 is 5.97 Å². The molecule has 1 atom stereocenters. The van der Waals surface area contributed by atoms with Crippen molar-refractivity contribution in [1.82, 2.24) is 0 Å². The van der Waals surface area contributed by atoms with Gasteiger partial charge in [-0.05, 0) is 0 Å². The molecule has 0 aromatic heterocycles. The number of aliphatic hydroxyl groups is 1. The first-order valence-corrected chi connectivity index (χ1v) is 5.27. The molecule has 0 radical (unpaired) electrons. The van der Waals surface area contributed by atoms with Gasteiger partial charge in [0.15, 0.2) is 5.44 Å². The van der Waals surface area contributed by atoms with Crippen LogP contribution in [0.3, 0.4) is 0 Å². The molecule has 15 heavy (non-hydrogen) atoms. The van der Waals surface area contributed by atoms with Crippen molar-refractivity contribution < 1.29 is 19.8 Å². The molecule has 0 saturated heterocycles. The molecule has 0 aliphatic carbocycles. The van der Waals surface area contributed by atoms with Crippen molar-refractivity contribution in [2.75, 3.05) is 5.75 Å². The summed E-state index contributed by atoms with van der Waals surface area (Å²) in [5.41, 5.74) is -0.939. The van der Waals surface area contributed by atoms with Crippen LogP contribution in [0.2, 0.25) is 0 Å². The lowest BCUT2D eigenvalue weighted by Crippen LogP contribution is -2.18. The summed E-state index contributed by atoms with van der Waals surface area (Å²) in [5, 5.41) is 17.7. The molecule has 4 nitrogen and oxygen atoms in total. The van der Waals surface area contributed by atoms with Crippen molar-refractivity contribution in [3.8, 4) is 0 Å². The van der Waals surface area contributed by atoms with Gasteiger partial charge in [0.1, 0.15) is 0 Å². The third kappa shape index (κ3) is 3.73. The highest BCUT2D eigenvalue weighted by Crippen LogP contribution is 2.13. The van der Waals surface area contributed by atoms with Crippen molar-refractivity contribution in [3.05, 3.63) is 35.9 Å². The first kappa shape index (κ1) is 11.7. The van der Waals surface area contributed by atoms with Gasteiger partial charge in [-0.1, -0.05) is 30.3 Å². The molecule has 1 rings (SSSR count). The molecule has 0 amide bonds. The SMILES string of the molecule is O=C(O)CS[C@@H](O)C(=O)c1ccccc1. The highest BCUT2D eigenvalue weighted by Gasteiger charge is 2.18. The number of benzene rings is 1. The van der Waals surface area contributed by atoms with Crippen LogP contribution in [0.1, 0.15) is 10.4 Å². The standard InChI is InChI=1S/C10H10O4S/c11-8(12)6-15-10(14)9(13)7-4-2-1-3-5-7/h1-5,10,14H,6H2,(H,11,12)/t10-/m1/s1. The fourth-order valence-corrected chi connectivity index (χ4v) is 1.56. The summed E-state index contributed by atoms with van der Waals surface area (Å²) in [7, 11) is 0. The lowest BCUT2D eigenvalue weighted by Gasteiger charge is -2.07. The van der Waals surface area contributed by atoms with E-state index in [-0.39, 0.29) is 5.75 Å². The number of hydrogen-bond acceptors (Lipinski definition) is 4. The Bertz CT molecular complexity index is 350. The van der Waals surface area contributed by atoms with E-state index in [0.29, 0.717) is 17.3 Å². The van der Waals surface area contributed by atoms with Gasteiger partial charge in [-0.25, -0.2) is 0 Å². The Morgan fingerprint density at radius 3 is 2.40 bits per heavy atom. The quantitative estimate of drug-likeness (QED) is 0.579. The predicted octanol–water partition coefficient (Wildman–Crippen LogP) is 1.01. The number of thioether (sulfide) groups is 1. The third-order valence-electron chi connectivity index (χ3n) is 1.65.